The van der Waals surface area contributed by atoms with Gasteiger partial charge in [0.25, 0.3) is 0 Å². The second kappa shape index (κ2) is 10.4. The number of ether oxygens (including phenoxy) is 1. The number of piperidine rings is 2. The number of benzene rings is 1. The monoisotopic (exact) mass is 442 g/mol. The molecule has 6 nitrogen and oxygen atoms in total. The number of methoxy groups -OCH3 is 1. The first-order chi connectivity index (χ1) is 15.5. The van der Waals surface area contributed by atoms with Crippen LogP contribution in [0.15, 0.2) is 21.3 Å². The van der Waals surface area contributed by atoms with Gasteiger partial charge >= 0.3 is 5.63 Å². The Kier molecular flexibility index (Phi) is 7.54. The second-order valence-corrected chi connectivity index (χ2v) is 9.56. The third kappa shape index (κ3) is 4.87. The van der Waals surface area contributed by atoms with Crippen molar-refractivity contribution in [3.05, 3.63) is 39.2 Å². The summed E-state index contributed by atoms with van der Waals surface area (Å²) in [5.41, 5.74) is 2.65. The molecule has 1 aromatic heterocycles. The summed E-state index contributed by atoms with van der Waals surface area (Å²) >= 11 is 0. The highest BCUT2D eigenvalue weighted by Gasteiger charge is 2.34. The van der Waals surface area contributed by atoms with Crippen LogP contribution in [0.25, 0.3) is 11.0 Å². The number of hydrogen-bond acceptors (Lipinski definition) is 6. The zero-order valence-corrected chi connectivity index (χ0v) is 19.9. The summed E-state index contributed by atoms with van der Waals surface area (Å²) in [7, 11) is 1.74. The SMILES string of the molecule is CCc1cc(=O)oc2c(C)c(O)c(CN(CCOC)CC3CCCN4CCCCC34)cc12. The van der Waals surface area contributed by atoms with E-state index in [1.807, 2.05) is 19.9 Å². The molecule has 1 N–H and O–H groups in total. The molecule has 2 unspecified atom stereocenters. The highest BCUT2D eigenvalue weighted by atomic mass is 16.5. The molecule has 4 rings (SSSR count). The fourth-order valence-corrected chi connectivity index (χ4v) is 5.81. The van der Waals surface area contributed by atoms with Crippen molar-refractivity contribution >= 4 is 11.0 Å². The maximum Gasteiger partial charge on any atom is 0.336 e. The predicted molar refractivity (Wildman–Crippen MR) is 127 cm³/mol. The average molecular weight is 443 g/mol. The van der Waals surface area contributed by atoms with Crippen molar-refractivity contribution < 1.29 is 14.3 Å². The van der Waals surface area contributed by atoms with Crippen LogP contribution in [0.1, 0.15) is 55.7 Å². The number of phenols is 1. The van der Waals surface area contributed by atoms with Gasteiger partial charge in [0.1, 0.15) is 11.3 Å². The van der Waals surface area contributed by atoms with Crippen molar-refractivity contribution in [2.45, 2.75) is 65.0 Å². The minimum Gasteiger partial charge on any atom is -0.507 e. The van der Waals surface area contributed by atoms with Crippen molar-refractivity contribution in [2.24, 2.45) is 5.92 Å². The zero-order chi connectivity index (χ0) is 22.7. The Hall–Kier alpha value is -1.89. The topological polar surface area (TPSA) is 66.1 Å². The molecule has 0 aliphatic carbocycles. The number of aryl methyl sites for hydroxylation is 2. The van der Waals surface area contributed by atoms with Gasteiger partial charge in [-0.15, -0.1) is 0 Å². The third-order valence-corrected chi connectivity index (χ3v) is 7.51. The molecule has 6 heteroatoms. The van der Waals surface area contributed by atoms with E-state index in [0.29, 0.717) is 36.3 Å². The van der Waals surface area contributed by atoms with Crippen LogP contribution < -0.4 is 5.63 Å². The first-order valence-corrected chi connectivity index (χ1v) is 12.2. The average Bonchev–Trinajstić information content (AvgIpc) is 2.81. The van der Waals surface area contributed by atoms with Crippen LogP contribution in [0.4, 0.5) is 0 Å². The third-order valence-electron chi connectivity index (χ3n) is 7.51. The van der Waals surface area contributed by atoms with Gasteiger partial charge in [-0.05, 0) is 69.7 Å². The lowest BCUT2D eigenvalue weighted by Gasteiger charge is -2.45. The maximum atomic E-state index is 12.0. The van der Waals surface area contributed by atoms with Crippen LogP contribution in [0, 0.1) is 12.8 Å². The molecule has 0 bridgehead atoms. The largest absolute Gasteiger partial charge is 0.507 e. The van der Waals surface area contributed by atoms with Crippen LogP contribution in [0.3, 0.4) is 0 Å². The van der Waals surface area contributed by atoms with E-state index in [2.05, 4.69) is 9.80 Å². The van der Waals surface area contributed by atoms with Crippen molar-refractivity contribution in [1.29, 1.82) is 0 Å². The van der Waals surface area contributed by atoms with Gasteiger partial charge in [0.2, 0.25) is 0 Å². The van der Waals surface area contributed by atoms with Gasteiger partial charge in [0.15, 0.2) is 0 Å². The lowest BCUT2D eigenvalue weighted by Crippen LogP contribution is -2.51. The Balaban J connectivity index is 1.61. The summed E-state index contributed by atoms with van der Waals surface area (Å²) in [5, 5.41) is 11.9. The van der Waals surface area contributed by atoms with E-state index in [1.54, 1.807) is 13.2 Å². The van der Waals surface area contributed by atoms with Gasteiger partial charge < -0.3 is 19.2 Å². The Labute approximate surface area is 191 Å². The molecule has 1 aromatic carbocycles. The molecule has 0 radical (unpaired) electrons. The molecular formula is C26H38N2O4. The molecule has 0 spiro atoms. The van der Waals surface area contributed by atoms with Gasteiger partial charge in [0, 0.05) is 55.4 Å². The number of hydrogen-bond donors (Lipinski definition) is 1. The molecule has 0 saturated carbocycles. The van der Waals surface area contributed by atoms with Gasteiger partial charge in [-0.1, -0.05) is 13.3 Å². The van der Waals surface area contributed by atoms with Gasteiger partial charge in [-0.25, -0.2) is 4.79 Å². The molecule has 2 fully saturated rings. The summed E-state index contributed by atoms with van der Waals surface area (Å²) in [6.07, 6.45) is 7.28. The summed E-state index contributed by atoms with van der Waals surface area (Å²) < 4.78 is 10.9. The highest BCUT2D eigenvalue weighted by molar-refractivity contribution is 5.86. The van der Waals surface area contributed by atoms with Crippen LogP contribution in [-0.4, -0.2) is 60.8 Å². The standard InChI is InChI=1S/C26H38N2O4/c1-4-19-15-24(29)32-26-18(2)25(30)21(14-22(19)26)17-27(12-13-31-3)16-20-8-7-11-28-10-6-5-9-23(20)28/h14-15,20,23,30H,4-13,16-17H2,1-3H3. The number of rotatable bonds is 8. The molecule has 2 atom stereocenters. The quantitative estimate of drug-likeness (QED) is 0.622. The fraction of sp³-hybridized carbons (Fsp3) is 0.654. The van der Waals surface area contributed by atoms with E-state index in [-0.39, 0.29) is 11.4 Å². The van der Waals surface area contributed by atoms with Crippen LogP contribution >= 0.6 is 0 Å². The molecule has 2 aliphatic rings. The fourth-order valence-electron chi connectivity index (χ4n) is 5.81. The Bertz CT molecular complexity index is 984. The predicted octanol–water partition coefficient (Wildman–Crippen LogP) is 4.08. The summed E-state index contributed by atoms with van der Waals surface area (Å²) in [5.74, 6) is 0.896. The van der Waals surface area contributed by atoms with E-state index in [1.165, 1.54) is 45.2 Å². The smallest absolute Gasteiger partial charge is 0.336 e. The van der Waals surface area contributed by atoms with Crippen molar-refractivity contribution in [1.82, 2.24) is 9.80 Å². The molecule has 2 aliphatic heterocycles. The summed E-state index contributed by atoms with van der Waals surface area (Å²) in [6, 6.07) is 4.29. The van der Waals surface area contributed by atoms with E-state index < -0.39 is 0 Å². The van der Waals surface area contributed by atoms with Gasteiger partial charge in [-0.3, -0.25) is 4.90 Å². The van der Waals surface area contributed by atoms with Crippen molar-refractivity contribution in [3.8, 4) is 5.75 Å². The Morgan fingerprint density at radius 3 is 2.78 bits per heavy atom. The Morgan fingerprint density at radius 2 is 2.00 bits per heavy atom. The highest BCUT2D eigenvalue weighted by Crippen LogP contribution is 2.34. The van der Waals surface area contributed by atoms with Crippen molar-refractivity contribution in [3.63, 3.8) is 0 Å². The molecule has 3 heterocycles. The first kappa shape index (κ1) is 23.3. The molecule has 32 heavy (non-hydrogen) atoms. The lowest BCUT2D eigenvalue weighted by atomic mass is 9.83. The molecular weight excluding hydrogens is 404 g/mol. The second-order valence-electron chi connectivity index (χ2n) is 9.56. The van der Waals surface area contributed by atoms with Crippen LogP contribution in [-0.2, 0) is 17.7 Å². The van der Waals surface area contributed by atoms with E-state index in [4.69, 9.17) is 9.15 Å². The molecule has 0 amide bonds. The molecule has 176 valence electrons. The number of nitrogens with zero attached hydrogens (tertiary/aromatic N) is 2. The van der Waals surface area contributed by atoms with Crippen molar-refractivity contribution in [2.75, 3.05) is 39.9 Å². The normalized spacial score (nSPS) is 21.9. The van der Waals surface area contributed by atoms with Crippen LogP contribution in [0.2, 0.25) is 0 Å². The van der Waals surface area contributed by atoms with Gasteiger partial charge in [-0.2, -0.15) is 0 Å². The summed E-state index contributed by atoms with van der Waals surface area (Å²) in [4.78, 5) is 17.1. The minimum atomic E-state index is -0.361. The maximum absolute atomic E-state index is 12.0. The number of fused-ring (bicyclic) bond motifs is 2. The van der Waals surface area contributed by atoms with E-state index in [9.17, 15) is 9.90 Å². The minimum absolute atomic E-state index is 0.235. The Morgan fingerprint density at radius 1 is 1.19 bits per heavy atom. The zero-order valence-electron chi connectivity index (χ0n) is 19.9. The van der Waals surface area contributed by atoms with Gasteiger partial charge in [0.05, 0.1) is 6.61 Å². The number of phenolic OH excluding ortho intramolecular Hbond substituents is 1. The lowest BCUT2D eigenvalue weighted by molar-refractivity contribution is 0.0335. The van der Waals surface area contributed by atoms with E-state index >= 15 is 0 Å². The number of aromatic hydroxyl groups is 1. The van der Waals surface area contributed by atoms with Crippen LogP contribution in [0.5, 0.6) is 5.75 Å². The molecule has 2 saturated heterocycles. The first-order valence-electron chi connectivity index (χ1n) is 12.2. The van der Waals surface area contributed by atoms with E-state index in [0.717, 1.165) is 36.0 Å². The summed E-state index contributed by atoms with van der Waals surface area (Å²) in [6.45, 7) is 9.56. The molecule has 2 aromatic rings.